The van der Waals surface area contributed by atoms with E-state index in [-0.39, 0.29) is 0 Å². The zero-order valence-electron chi connectivity index (χ0n) is 14.8. The molecule has 2 aromatic carbocycles. The molecule has 0 atom stereocenters. The second-order valence-corrected chi connectivity index (χ2v) is 6.55. The molecular weight excluding hydrogens is 338 g/mol. The van der Waals surface area contributed by atoms with E-state index in [4.69, 9.17) is 4.52 Å². The highest BCUT2D eigenvalue weighted by Crippen LogP contribution is 2.26. The number of nitrogens with zero attached hydrogens (tertiary/aromatic N) is 3. The van der Waals surface area contributed by atoms with E-state index in [0.29, 0.717) is 0 Å². The van der Waals surface area contributed by atoms with E-state index in [1.807, 2.05) is 30.3 Å². The van der Waals surface area contributed by atoms with Gasteiger partial charge in [-0.15, -0.1) is 0 Å². The van der Waals surface area contributed by atoms with Gasteiger partial charge in [-0.3, -0.25) is 9.98 Å². The maximum Gasteiger partial charge on any atom is 0.167 e. The predicted molar refractivity (Wildman–Crippen MR) is 106 cm³/mol. The van der Waals surface area contributed by atoms with Gasteiger partial charge in [0.05, 0.1) is 13.1 Å². The lowest BCUT2D eigenvalue weighted by molar-refractivity contribution is 0.435. The summed E-state index contributed by atoms with van der Waals surface area (Å²) in [5.74, 6) is 2.67. The summed E-state index contributed by atoms with van der Waals surface area (Å²) in [7, 11) is 0. The van der Waals surface area contributed by atoms with Crippen molar-refractivity contribution in [3.8, 4) is 22.6 Å². The van der Waals surface area contributed by atoms with E-state index in [2.05, 4.69) is 50.0 Å². The van der Waals surface area contributed by atoms with E-state index in [9.17, 15) is 0 Å². The van der Waals surface area contributed by atoms with Crippen LogP contribution in [0.15, 0.2) is 69.1 Å². The highest BCUT2D eigenvalue weighted by molar-refractivity contribution is 6.00. The summed E-state index contributed by atoms with van der Waals surface area (Å²) in [4.78, 5) is 8.89. The van der Waals surface area contributed by atoms with Gasteiger partial charge in [-0.25, -0.2) is 0 Å². The summed E-state index contributed by atoms with van der Waals surface area (Å²) in [6.45, 7) is 3.49. The number of amidine groups is 2. The second-order valence-electron chi connectivity index (χ2n) is 6.55. The smallest absolute Gasteiger partial charge is 0.167 e. The standard InChI is InChI=1S/C21H19N5O/c1-5-16(20-22-9-10-23-20)6-2-14(1)18-13-19(27-26-18)15-3-7-17(8-4-15)21-24-11-12-25-21/h1-8,13H,9-12H2,(H,22,23)(H,24,25). The Morgan fingerprint density at radius 3 is 1.70 bits per heavy atom. The highest BCUT2D eigenvalue weighted by atomic mass is 16.5. The van der Waals surface area contributed by atoms with Gasteiger partial charge in [-0.1, -0.05) is 53.7 Å². The third-order valence-corrected chi connectivity index (χ3v) is 4.76. The van der Waals surface area contributed by atoms with Gasteiger partial charge in [-0.2, -0.15) is 0 Å². The lowest BCUT2D eigenvalue weighted by atomic mass is 10.1. The van der Waals surface area contributed by atoms with Crippen molar-refractivity contribution in [1.82, 2.24) is 15.8 Å². The van der Waals surface area contributed by atoms with Crippen LogP contribution in [0.1, 0.15) is 11.1 Å². The Balaban J connectivity index is 1.36. The van der Waals surface area contributed by atoms with Crippen LogP contribution < -0.4 is 10.6 Å². The first-order valence-electron chi connectivity index (χ1n) is 9.12. The van der Waals surface area contributed by atoms with Crippen molar-refractivity contribution in [1.29, 1.82) is 0 Å². The molecule has 0 saturated carbocycles. The molecule has 0 fully saturated rings. The molecule has 1 aromatic heterocycles. The molecule has 2 N–H and O–H groups in total. The topological polar surface area (TPSA) is 74.8 Å². The maximum atomic E-state index is 5.57. The molecule has 27 heavy (non-hydrogen) atoms. The minimum Gasteiger partial charge on any atom is -0.368 e. The number of aliphatic imine (C=N–C) groups is 2. The third-order valence-electron chi connectivity index (χ3n) is 4.76. The summed E-state index contributed by atoms with van der Waals surface area (Å²) in [5, 5.41) is 10.8. The highest BCUT2D eigenvalue weighted by Gasteiger charge is 2.12. The Morgan fingerprint density at radius 2 is 1.19 bits per heavy atom. The van der Waals surface area contributed by atoms with Crippen molar-refractivity contribution in [2.24, 2.45) is 9.98 Å². The Hall–Kier alpha value is -3.41. The second kappa shape index (κ2) is 6.72. The Morgan fingerprint density at radius 1 is 0.667 bits per heavy atom. The van der Waals surface area contributed by atoms with Crippen molar-refractivity contribution in [3.05, 3.63) is 65.7 Å². The van der Waals surface area contributed by atoms with Gasteiger partial charge in [0.2, 0.25) is 0 Å². The molecule has 0 spiro atoms. The molecule has 0 saturated heterocycles. The van der Waals surface area contributed by atoms with Gasteiger partial charge in [0.15, 0.2) is 5.76 Å². The SMILES string of the molecule is c1cc(-c2cc(-c3ccc(C4=NCCN4)cc3)on2)ccc1C1=NCCN1. The molecule has 6 heteroatoms. The average Bonchev–Trinajstić information content (AvgIpc) is 3.51. The summed E-state index contributed by atoms with van der Waals surface area (Å²) >= 11 is 0. The molecule has 5 rings (SSSR count). The Labute approximate surface area is 157 Å². The lowest BCUT2D eigenvalue weighted by Gasteiger charge is -2.03. The van der Waals surface area contributed by atoms with Crippen molar-refractivity contribution in [2.75, 3.05) is 26.2 Å². The zero-order chi connectivity index (χ0) is 18.1. The van der Waals surface area contributed by atoms with Gasteiger partial charge < -0.3 is 15.2 Å². The van der Waals surface area contributed by atoms with Crippen molar-refractivity contribution >= 4 is 11.7 Å². The van der Waals surface area contributed by atoms with E-state index in [0.717, 1.165) is 71.6 Å². The van der Waals surface area contributed by atoms with E-state index < -0.39 is 0 Å². The largest absolute Gasteiger partial charge is 0.368 e. The van der Waals surface area contributed by atoms with E-state index in [1.54, 1.807) is 0 Å². The molecule has 0 aliphatic carbocycles. The number of benzene rings is 2. The number of nitrogens with one attached hydrogen (secondary N) is 2. The van der Waals surface area contributed by atoms with E-state index >= 15 is 0 Å². The van der Waals surface area contributed by atoms with Crippen LogP contribution in [0.2, 0.25) is 0 Å². The van der Waals surface area contributed by atoms with Crippen LogP contribution in [-0.2, 0) is 0 Å². The molecule has 2 aliphatic heterocycles. The molecule has 6 nitrogen and oxygen atoms in total. The lowest BCUT2D eigenvalue weighted by Crippen LogP contribution is -2.19. The van der Waals surface area contributed by atoms with Crippen molar-refractivity contribution in [3.63, 3.8) is 0 Å². The molecule has 0 radical (unpaired) electrons. The van der Waals surface area contributed by atoms with Crippen LogP contribution in [-0.4, -0.2) is 43.0 Å². The van der Waals surface area contributed by atoms with Crippen molar-refractivity contribution in [2.45, 2.75) is 0 Å². The maximum absolute atomic E-state index is 5.57. The molecule has 0 amide bonds. The van der Waals surface area contributed by atoms with Crippen LogP contribution in [0, 0.1) is 0 Å². The van der Waals surface area contributed by atoms with Gasteiger partial charge in [0.1, 0.15) is 17.4 Å². The zero-order valence-corrected chi connectivity index (χ0v) is 14.8. The van der Waals surface area contributed by atoms with Crippen LogP contribution >= 0.6 is 0 Å². The fourth-order valence-corrected chi connectivity index (χ4v) is 3.32. The summed E-state index contributed by atoms with van der Waals surface area (Å²) in [5.41, 5.74) is 5.03. The normalized spacial score (nSPS) is 15.9. The average molecular weight is 357 g/mol. The predicted octanol–water partition coefficient (Wildman–Crippen LogP) is 2.71. The Kier molecular flexibility index (Phi) is 3.93. The van der Waals surface area contributed by atoms with Crippen LogP contribution in [0.5, 0.6) is 0 Å². The molecule has 134 valence electrons. The first kappa shape index (κ1) is 15.8. The monoisotopic (exact) mass is 357 g/mol. The minimum atomic E-state index is 0.754. The number of rotatable bonds is 4. The third kappa shape index (κ3) is 3.10. The fraction of sp³-hybridized carbons (Fsp3) is 0.190. The quantitative estimate of drug-likeness (QED) is 0.753. The molecule has 0 bridgehead atoms. The molecule has 2 aliphatic rings. The molecule has 0 unspecified atom stereocenters. The molecular formula is C21H19N5O. The van der Waals surface area contributed by atoms with E-state index in [1.165, 1.54) is 0 Å². The number of hydrogen-bond donors (Lipinski definition) is 2. The Bertz CT molecular complexity index is 933. The summed E-state index contributed by atoms with van der Waals surface area (Å²) in [6.07, 6.45) is 0. The van der Waals surface area contributed by atoms with Crippen LogP contribution in [0.25, 0.3) is 22.6 Å². The summed E-state index contributed by atoms with van der Waals surface area (Å²) in [6, 6.07) is 18.4. The first-order chi connectivity index (χ1) is 13.4. The minimum absolute atomic E-state index is 0.754. The fourth-order valence-electron chi connectivity index (χ4n) is 3.32. The van der Waals surface area contributed by atoms with Crippen LogP contribution in [0.4, 0.5) is 0 Å². The number of aromatic nitrogens is 1. The van der Waals surface area contributed by atoms with Gasteiger partial charge >= 0.3 is 0 Å². The van der Waals surface area contributed by atoms with Gasteiger partial charge in [-0.05, 0) is 0 Å². The number of hydrogen-bond acceptors (Lipinski definition) is 6. The summed E-state index contributed by atoms with van der Waals surface area (Å²) < 4.78 is 5.57. The van der Waals surface area contributed by atoms with Gasteiger partial charge in [0.25, 0.3) is 0 Å². The molecule has 3 aromatic rings. The van der Waals surface area contributed by atoms with Crippen LogP contribution in [0.3, 0.4) is 0 Å². The molecule has 3 heterocycles. The first-order valence-corrected chi connectivity index (χ1v) is 9.12. The van der Waals surface area contributed by atoms with Gasteiger partial charge in [0, 0.05) is 41.4 Å². The van der Waals surface area contributed by atoms with Crippen molar-refractivity contribution < 1.29 is 4.52 Å².